The van der Waals surface area contributed by atoms with Crippen LogP contribution in [0, 0.1) is 0 Å². The van der Waals surface area contributed by atoms with Gasteiger partial charge in [-0.25, -0.2) is 4.79 Å². The van der Waals surface area contributed by atoms with E-state index in [4.69, 9.17) is 14.2 Å². The molecule has 0 saturated heterocycles. The van der Waals surface area contributed by atoms with Crippen molar-refractivity contribution in [3.63, 3.8) is 0 Å². The van der Waals surface area contributed by atoms with Crippen molar-refractivity contribution in [1.29, 1.82) is 0 Å². The first-order valence-electron chi connectivity index (χ1n) is 9.03. The Bertz CT molecular complexity index is 742. The molecule has 0 heterocycles. The smallest absolute Gasteiger partial charge is 0.338 e. The maximum absolute atomic E-state index is 12.6. The number of amides is 1. The van der Waals surface area contributed by atoms with Gasteiger partial charge < -0.3 is 19.5 Å². The lowest BCUT2D eigenvalue weighted by atomic mass is 10.1. The minimum Gasteiger partial charge on any atom is -0.490 e. The van der Waals surface area contributed by atoms with Gasteiger partial charge in [-0.15, -0.1) is 0 Å². The molecule has 0 saturated carbocycles. The molecule has 1 amide bonds. The molecule has 0 aromatic heterocycles. The summed E-state index contributed by atoms with van der Waals surface area (Å²) < 4.78 is 16.0. The van der Waals surface area contributed by atoms with E-state index in [-0.39, 0.29) is 11.9 Å². The normalized spacial score (nSPS) is 10.3. The number of para-hydroxylation sites is 1. The summed E-state index contributed by atoms with van der Waals surface area (Å²) in [6, 6.07) is 13.6. The van der Waals surface area contributed by atoms with Gasteiger partial charge in [0.1, 0.15) is 12.4 Å². The van der Waals surface area contributed by atoms with Crippen LogP contribution in [0.1, 0.15) is 41.0 Å². The van der Waals surface area contributed by atoms with Crippen LogP contribution < -0.4 is 10.1 Å². The average molecular weight is 371 g/mol. The van der Waals surface area contributed by atoms with Crippen LogP contribution >= 0.6 is 0 Å². The molecule has 2 aromatic carbocycles. The van der Waals surface area contributed by atoms with E-state index in [9.17, 15) is 9.59 Å². The topological polar surface area (TPSA) is 73.9 Å². The molecule has 0 aliphatic carbocycles. The minimum atomic E-state index is -0.372. The Morgan fingerprint density at radius 2 is 1.67 bits per heavy atom. The number of rotatable bonds is 10. The van der Waals surface area contributed by atoms with Gasteiger partial charge in [0, 0.05) is 12.3 Å². The fourth-order valence-electron chi connectivity index (χ4n) is 2.30. The Morgan fingerprint density at radius 3 is 2.37 bits per heavy atom. The fraction of sp³-hybridized carbons (Fsp3) is 0.333. The predicted octanol–water partition coefficient (Wildman–Crippen LogP) is 3.92. The molecule has 1 N–H and O–H groups in total. The van der Waals surface area contributed by atoms with Crippen LogP contribution in [0.4, 0.5) is 5.69 Å². The maximum atomic E-state index is 12.6. The number of benzene rings is 2. The zero-order valence-electron chi connectivity index (χ0n) is 15.7. The molecule has 6 heteroatoms. The Morgan fingerprint density at radius 1 is 0.926 bits per heavy atom. The van der Waals surface area contributed by atoms with Crippen molar-refractivity contribution in [3.8, 4) is 5.75 Å². The predicted molar refractivity (Wildman–Crippen MR) is 103 cm³/mol. The van der Waals surface area contributed by atoms with Crippen molar-refractivity contribution in [2.75, 3.05) is 31.7 Å². The molecule has 6 nitrogen and oxygen atoms in total. The molecule has 2 aromatic rings. The average Bonchev–Trinajstić information content (AvgIpc) is 2.70. The molecule has 2 rings (SSSR count). The number of esters is 1. The third-order valence-electron chi connectivity index (χ3n) is 3.64. The van der Waals surface area contributed by atoms with E-state index in [1.807, 2.05) is 19.9 Å². The first-order chi connectivity index (χ1) is 13.2. The highest BCUT2D eigenvalue weighted by Crippen LogP contribution is 2.20. The van der Waals surface area contributed by atoms with Gasteiger partial charge >= 0.3 is 5.97 Å². The Balaban J connectivity index is 1.99. The van der Waals surface area contributed by atoms with Gasteiger partial charge in [-0.1, -0.05) is 19.1 Å². The van der Waals surface area contributed by atoms with Crippen molar-refractivity contribution in [1.82, 2.24) is 0 Å². The van der Waals surface area contributed by atoms with Crippen molar-refractivity contribution in [2.24, 2.45) is 0 Å². The highest BCUT2D eigenvalue weighted by Gasteiger charge is 2.13. The summed E-state index contributed by atoms with van der Waals surface area (Å²) in [6.45, 7) is 5.68. The zero-order chi connectivity index (χ0) is 19.5. The molecule has 0 spiro atoms. The summed E-state index contributed by atoms with van der Waals surface area (Å²) in [5.74, 6) is -0.166. The number of nitrogens with one attached hydrogen (secondary N) is 1. The largest absolute Gasteiger partial charge is 0.490 e. The van der Waals surface area contributed by atoms with Crippen LogP contribution in [0.25, 0.3) is 0 Å². The van der Waals surface area contributed by atoms with E-state index in [0.717, 1.165) is 6.42 Å². The SMILES string of the molecule is CCCOC(=O)c1ccc(NC(=O)c2ccccc2OCCOCC)cc1. The van der Waals surface area contributed by atoms with Crippen LogP contribution in [0.5, 0.6) is 5.75 Å². The van der Waals surface area contributed by atoms with Gasteiger partial charge in [0.2, 0.25) is 0 Å². The molecule has 0 aliphatic heterocycles. The van der Waals surface area contributed by atoms with E-state index in [2.05, 4.69) is 5.32 Å². The highest BCUT2D eigenvalue weighted by molar-refractivity contribution is 6.06. The Kier molecular flexibility index (Phi) is 8.32. The minimum absolute atomic E-state index is 0.289. The van der Waals surface area contributed by atoms with Crippen LogP contribution in [0.2, 0.25) is 0 Å². The second-order valence-corrected chi connectivity index (χ2v) is 5.71. The summed E-state index contributed by atoms with van der Waals surface area (Å²) in [5, 5.41) is 2.81. The van der Waals surface area contributed by atoms with E-state index in [1.54, 1.807) is 42.5 Å². The van der Waals surface area contributed by atoms with E-state index in [1.165, 1.54) is 0 Å². The summed E-state index contributed by atoms with van der Waals surface area (Å²) >= 11 is 0. The summed E-state index contributed by atoms with van der Waals surface area (Å²) in [4.78, 5) is 24.4. The Labute approximate surface area is 159 Å². The quantitative estimate of drug-likeness (QED) is 0.506. The molecule has 144 valence electrons. The van der Waals surface area contributed by atoms with Gasteiger partial charge in [0.05, 0.1) is 24.3 Å². The van der Waals surface area contributed by atoms with E-state index in [0.29, 0.717) is 49.0 Å². The van der Waals surface area contributed by atoms with Crippen molar-refractivity contribution >= 4 is 17.6 Å². The first kappa shape index (κ1) is 20.5. The second kappa shape index (κ2) is 11.0. The number of carbonyl (C=O) groups excluding carboxylic acids is 2. The van der Waals surface area contributed by atoms with Gasteiger partial charge in [-0.3, -0.25) is 4.79 Å². The zero-order valence-corrected chi connectivity index (χ0v) is 15.7. The van der Waals surface area contributed by atoms with Crippen molar-refractivity contribution in [2.45, 2.75) is 20.3 Å². The van der Waals surface area contributed by atoms with E-state index >= 15 is 0 Å². The molecule has 0 atom stereocenters. The van der Waals surface area contributed by atoms with Crippen LogP contribution in [0.3, 0.4) is 0 Å². The maximum Gasteiger partial charge on any atom is 0.338 e. The monoisotopic (exact) mass is 371 g/mol. The third-order valence-corrected chi connectivity index (χ3v) is 3.64. The lowest BCUT2D eigenvalue weighted by molar-refractivity contribution is 0.0505. The summed E-state index contributed by atoms with van der Waals surface area (Å²) in [6.07, 6.45) is 0.770. The lowest BCUT2D eigenvalue weighted by Crippen LogP contribution is -2.15. The van der Waals surface area contributed by atoms with E-state index < -0.39 is 0 Å². The molecular weight excluding hydrogens is 346 g/mol. The lowest BCUT2D eigenvalue weighted by Gasteiger charge is -2.12. The number of ether oxygens (including phenoxy) is 3. The number of hydrogen-bond donors (Lipinski definition) is 1. The fourth-order valence-corrected chi connectivity index (χ4v) is 2.30. The second-order valence-electron chi connectivity index (χ2n) is 5.71. The van der Waals surface area contributed by atoms with Crippen LogP contribution in [0.15, 0.2) is 48.5 Å². The Hall–Kier alpha value is -2.86. The molecule has 0 radical (unpaired) electrons. The highest BCUT2D eigenvalue weighted by atomic mass is 16.5. The third kappa shape index (κ3) is 6.42. The van der Waals surface area contributed by atoms with Crippen molar-refractivity contribution < 1.29 is 23.8 Å². The first-order valence-corrected chi connectivity index (χ1v) is 9.03. The van der Waals surface area contributed by atoms with Crippen molar-refractivity contribution in [3.05, 3.63) is 59.7 Å². The van der Waals surface area contributed by atoms with Gasteiger partial charge in [0.25, 0.3) is 5.91 Å². The van der Waals surface area contributed by atoms with Gasteiger partial charge in [0.15, 0.2) is 0 Å². The summed E-state index contributed by atoms with van der Waals surface area (Å²) in [5.41, 5.74) is 1.46. The van der Waals surface area contributed by atoms with Gasteiger partial charge in [-0.05, 0) is 49.7 Å². The summed E-state index contributed by atoms with van der Waals surface area (Å²) in [7, 11) is 0. The standard InChI is InChI=1S/C21H25NO5/c1-3-13-27-21(24)16-9-11-17(12-10-16)22-20(23)18-7-5-6-8-19(18)26-15-14-25-4-2/h5-12H,3-4,13-15H2,1-2H3,(H,22,23). The molecule has 27 heavy (non-hydrogen) atoms. The number of hydrogen-bond acceptors (Lipinski definition) is 5. The van der Waals surface area contributed by atoms with Crippen LogP contribution in [-0.2, 0) is 9.47 Å². The molecule has 0 unspecified atom stereocenters. The molecule has 0 bridgehead atoms. The molecular formula is C21H25NO5. The van der Waals surface area contributed by atoms with Gasteiger partial charge in [-0.2, -0.15) is 0 Å². The number of anilines is 1. The molecule has 0 aliphatic rings. The van der Waals surface area contributed by atoms with Crippen LogP contribution in [-0.4, -0.2) is 38.3 Å². The molecule has 0 fully saturated rings. The number of carbonyl (C=O) groups is 2.